The SMILES string of the molecule is CCCCc1nc2ccc(Br)cc2c(=O)n1N=Cc1ccc(Cl)s1. The van der Waals surface area contributed by atoms with Gasteiger partial charge >= 0.3 is 0 Å². The highest BCUT2D eigenvalue weighted by Crippen LogP contribution is 2.20. The molecule has 2 heterocycles. The second-order valence-electron chi connectivity index (χ2n) is 5.30. The summed E-state index contributed by atoms with van der Waals surface area (Å²) in [6.45, 7) is 2.11. The van der Waals surface area contributed by atoms with E-state index in [2.05, 4.69) is 32.9 Å². The molecule has 24 heavy (non-hydrogen) atoms. The molecule has 0 fully saturated rings. The van der Waals surface area contributed by atoms with Crippen LogP contribution in [-0.4, -0.2) is 15.9 Å². The van der Waals surface area contributed by atoms with Crippen LogP contribution in [0.1, 0.15) is 30.5 Å². The smallest absolute Gasteiger partial charge is 0.267 e. The fraction of sp³-hybridized carbons (Fsp3) is 0.235. The molecule has 0 unspecified atom stereocenters. The second-order valence-corrected chi connectivity index (χ2v) is 7.96. The molecule has 2 aromatic heterocycles. The van der Waals surface area contributed by atoms with E-state index in [1.165, 1.54) is 16.0 Å². The van der Waals surface area contributed by atoms with Gasteiger partial charge in [0.1, 0.15) is 5.82 Å². The normalized spacial score (nSPS) is 11.6. The Morgan fingerprint density at radius 2 is 2.21 bits per heavy atom. The van der Waals surface area contributed by atoms with Crippen LogP contribution in [0, 0.1) is 0 Å². The zero-order valence-corrected chi connectivity index (χ0v) is 16.2. The number of aryl methyl sites for hydroxylation is 1. The summed E-state index contributed by atoms with van der Waals surface area (Å²) in [6, 6.07) is 9.20. The van der Waals surface area contributed by atoms with E-state index in [1.807, 2.05) is 24.3 Å². The van der Waals surface area contributed by atoms with Gasteiger partial charge in [-0.2, -0.15) is 9.78 Å². The first-order chi connectivity index (χ1) is 11.6. The van der Waals surface area contributed by atoms with Crippen LogP contribution < -0.4 is 5.56 Å². The number of rotatable bonds is 5. The van der Waals surface area contributed by atoms with Gasteiger partial charge in [0.25, 0.3) is 5.56 Å². The van der Waals surface area contributed by atoms with Gasteiger partial charge in [0.05, 0.1) is 21.5 Å². The minimum Gasteiger partial charge on any atom is -0.267 e. The zero-order chi connectivity index (χ0) is 17.1. The van der Waals surface area contributed by atoms with Crippen molar-refractivity contribution in [3.8, 4) is 0 Å². The lowest BCUT2D eigenvalue weighted by Gasteiger charge is -2.09. The molecule has 0 N–H and O–H groups in total. The summed E-state index contributed by atoms with van der Waals surface area (Å²) in [6.07, 6.45) is 4.34. The molecular formula is C17H15BrClN3OS. The van der Waals surface area contributed by atoms with Crippen molar-refractivity contribution in [2.45, 2.75) is 26.2 Å². The molecule has 0 aliphatic carbocycles. The minimum atomic E-state index is -0.161. The summed E-state index contributed by atoms with van der Waals surface area (Å²) in [5.41, 5.74) is 0.534. The summed E-state index contributed by atoms with van der Waals surface area (Å²) in [4.78, 5) is 18.4. The van der Waals surface area contributed by atoms with Gasteiger partial charge in [-0.15, -0.1) is 11.3 Å². The fourth-order valence-corrected chi connectivity index (χ4v) is 3.61. The van der Waals surface area contributed by atoms with Crippen molar-refractivity contribution in [2.75, 3.05) is 0 Å². The van der Waals surface area contributed by atoms with Crippen LogP contribution in [0.15, 0.2) is 44.7 Å². The first-order valence-corrected chi connectivity index (χ1v) is 9.58. The Morgan fingerprint density at radius 1 is 1.38 bits per heavy atom. The molecule has 0 radical (unpaired) electrons. The van der Waals surface area contributed by atoms with E-state index in [0.29, 0.717) is 27.5 Å². The van der Waals surface area contributed by atoms with Gasteiger partial charge in [0, 0.05) is 15.8 Å². The van der Waals surface area contributed by atoms with Crippen LogP contribution in [0.2, 0.25) is 4.34 Å². The highest BCUT2D eigenvalue weighted by molar-refractivity contribution is 9.10. The Hall–Kier alpha value is -1.50. The topological polar surface area (TPSA) is 47.2 Å². The highest BCUT2D eigenvalue weighted by Gasteiger charge is 2.10. The minimum absolute atomic E-state index is 0.161. The van der Waals surface area contributed by atoms with Gasteiger partial charge in [-0.1, -0.05) is 40.9 Å². The largest absolute Gasteiger partial charge is 0.282 e. The average Bonchev–Trinajstić information content (AvgIpc) is 2.98. The molecule has 3 aromatic rings. The van der Waals surface area contributed by atoms with Crippen molar-refractivity contribution in [1.82, 2.24) is 9.66 Å². The van der Waals surface area contributed by atoms with Crippen molar-refractivity contribution >= 4 is 56.0 Å². The van der Waals surface area contributed by atoms with Gasteiger partial charge in [-0.3, -0.25) is 4.79 Å². The van der Waals surface area contributed by atoms with E-state index in [0.717, 1.165) is 22.2 Å². The number of unbranched alkanes of at least 4 members (excludes halogenated alkanes) is 1. The number of thiophene rings is 1. The molecule has 0 spiro atoms. The van der Waals surface area contributed by atoms with Crippen molar-refractivity contribution in [2.24, 2.45) is 5.10 Å². The van der Waals surface area contributed by atoms with Crippen molar-refractivity contribution in [3.05, 3.63) is 60.2 Å². The summed E-state index contributed by atoms with van der Waals surface area (Å²) in [5.74, 6) is 0.676. The highest BCUT2D eigenvalue weighted by atomic mass is 79.9. The first-order valence-electron chi connectivity index (χ1n) is 7.59. The number of nitrogens with zero attached hydrogens (tertiary/aromatic N) is 3. The van der Waals surface area contributed by atoms with Crippen LogP contribution in [-0.2, 0) is 6.42 Å². The van der Waals surface area contributed by atoms with Gasteiger partial charge in [-0.05, 0) is 36.8 Å². The Labute approximate surface area is 156 Å². The average molecular weight is 425 g/mol. The maximum atomic E-state index is 12.9. The Balaban J connectivity index is 2.13. The van der Waals surface area contributed by atoms with Gasteiger partial charge < -0.3 is 0 Å². The predicted octanol–water partition coefficient (Wildman–Crippen LogP) is 5.10. The quantitative estimate of drug-likeness (QED) is 0.535. The van der Waals surface area contributed by atoms with E-state index in [4.69, 9.17) is 11.6 Å². The number of fused-ring (bicyclic) bond motifs is 1. The maximum absolute atomic E-state index is 12.9. The monoisotopic (exact) mass is 423 g/mol. The lowest BCUT2D eigenvalue weighted by Crippen LogP contribution is -2.22. The number of halogens is 2. The van der Waals surface area contributed by atoms with Crippen molar-refractivity contribution in [3.63, 3.8) is 0 Å². The first kappa shape index (κ1) is 17.3. The predicted molar refractivity (Wildman–Crippen MR) is 105 cm³/mol. The Morgan fingerprint density at radius 3 is 2.92 bits per heavy atom. The molecule has 7 heteroatoms. The number of hydrogen-bond donors (Lipinski definition) is 0. The molecule has 124 valence electrons. The van der Waals surface area contributed by atoms with E-state index in [-0.39, 0.29) is 5.56 Å². The van der Waals surface area contributed by atoms with Crippen LogP contribution in [0.3, 0.4) is 0 Å². The van der Waals surface area contributed by atoms with E-state index >= 15 is 0 Å². The number of hydrogen-bond acceptors (Lipinski definition) is 4. The van der Waals surface area contributed by atoms with Crippen molar-refractivity contribution < 1.29 is 0 Å². The third-order valence-corrected chi connectivity index (χ3v) is 5.18. The summed E-state index contributed by atoms with van der Waals surface area (Å²) >= 11 is 10.8. The summed E-state index contributed by atoms with van der Waals surface area (Å²) < 4.78 is 2.93. The third kappa shape index (κ3) is 3.77. The zero-order valence-electron chi connectivity index (χ0n) is 13.0. The second kappa shape index (κ2) is 7.59. The maximum Gasteiger partial charge on any atom is 0.282 e. The number of benzene rings is 1. The van der Waals surface area contributed by atoms with Crippen LogP contribution >= 0.6 is 38.9 Å². The van der Waals surface area contributed by atoms with E-state index in [9.17, 15) is 4.79 Å². The summed E-state index contributed by atoms with van der Waals surface area (Å²) in [7, 11) is 0. The van der Waals surface area contributed by atoms with Gasteiger partial charge in [0.2, 0.25) is 0 Å². The molecular weight excluding hydrogens is 410 g/mol. The molecule has 0 aliphatic rings. The third-order valence-electron chi connectivity index (χ3n) is 3.52. The molecule has 0 aliphatic heterocycles. The van der Waals surface area contributed by atoms with Gasteiger partial charge in [-0.25, -0.2) is 4.98 Å². The molecule has 3 rings (SSSR count). The van der Waals surface area contributed by atoms with Crippen molar-refractivity contribution in [1.29, 1.82) is 0 Å². The lowest BCUT2D eigenvalue weighted by atomic mass is 10.2. The molecule has 4 nitrogen and oxygen atoms in total. The standard InChI is InChI=1S/C17H15BrClN3OS/c1-2-3-4-16-21-14-7-5-11(18)9-13(14)17(23)22(16)20-10-12-6-8-15(19)24-12/h5-10H,2-4H2,1H3. The van der Waals surface area contributed by atoms with E-state index in [1.54, 1.807) is 12.3 Å². The number of aromatic nitrogens is 2. The van der Waals surface area contributed by atoms with E-state index < -0.39 is 0 Å². The Kier molecular flexibility index (Phi) is 5.48. The molecule has 0 bridgehead atoms. The molecule has 0 amide bonds. The molecule has 1 aromatic carbocycles. The van der Waals surface area contributed by atoms with Crippen LogP contribution in [0.5, 0.6) is 0 Å². The molecule has 0 saturated carbocycles. The van der Waals surface area contributed by atoms with Crippen LogP contribution in [0.4, 0.5) is 0 Å². The summed E-state index contributed by atoms with van der Waals surface area (Å²) in [5, 5.41) is 4.92. The van der Waals surface area contributed by atoms with Crippen LogP contribution in [0.25, 0.3) is 10.9 Å². The fourth-order valence-electron chi connectivity index (χ4n) is 2.32. The lowest BCUT2D eigenvalue weighted by molar-refractivity contribution is 0.675. The van der Waals surface area contributed by atoms with Gasteiger partial charge in [0.15, 0.2) is 0 Å². The Bertz CT molecular complexity index is 964. The molecule has 0 atom stereocenters. The molecule has 0 saturated heterocycles.